The molecule has 0 saturated carbocycles. The number of hydrogen-bond acceptors (Lipinski definition) is 3. The number of benzene rings is 1. The fourth-order valence-electron chi connectivity index (χ4n) is 2.29. The Balaban J connectivity index is 2.33. The lowest BCUT2D eigenvalue weighted by Crippen LogP contribution is -1.97. The van der Waals surface area contributed by atoms with Crippen molar-refractivity contribution in [1.82, 2.24) is 9.38 Å². The summed E-state index contributed by atoms with van der Waals surface area (Å²) in [5, 5.41) is 11.5. The third-order valence-electron chi connectivity index (χ3n) is 3.28. The predicted molar refractivity (Wildman–Crippen MR) is 76.7 cm³/mol. The van der Waals surface area contributed by atoms with Gasteiger partial charge in [0.1, 0.15) is 0 Å². The fourth-order valence-corrected chi connectivity index (χ4v) is 2.29. The highest BCUT2D eigenvalue weighted by Gasteiger charge is 2.22. The summed E-state index contributed by atoms with van der Waals surface area (Å²) >= 11 is 0. The van der Waals surface area contributed by atoms with Gasteiger partial charge < -0.3 is 4.40 Å². The van der Waals surface area contributed by atoms with Gasteiger partial charge in [0.2, 0.25) is 5.65 Å². The van der Waals surface area contributed by atoms with Gasteiger partial charge in [0.05, 0.1) is 16.2 Å². The largest absolute Gasteiger partial charge is 0.320 e. The fraction of sp³-hybridized carbons (Fsp3) is 0.133. The molecule has 0 radical (unpaired) electrons. The molecule has 1 aromatic carbocycles. The Bertz CT molecular complexity index is 778. The number of hydrogen-bond donors (Lipinski definition) is 0. The van der Waals surface area contributed by atoms with Gasteiger partial charge in [-0.15, -0.1) is 0 Å². The second-order valence-corrected chi connectivity index (χ2v) is 4.52. The van der Waals surface area contributed by atoms with Crippen LogP contribution in [-0.2, 0) is 6.42 Å². The van der Waals surface area contributed by atoms with Crippen LogP contribution in [-0.4, -0.2) is 14.3 Å². The first-order valence-electron chi connectivity index (χ1n) is 6.41. The van der Waals surface area contributed by atoms with Gasteiger partial charge in [-0.05, 0) is 18.1 Å². The standard InChI is InChI=1S/C15H13N3O2/c1-2-12-10-17-9-8-13(11-6-4-3-5-7-11)14(18(19)20)15(17)16-12/h3-10H,2H2,1H3. The van der Waals surface area contributed by atoms with Crippen LogP contribution >= 0.6 is 0 Å². The van der Waals surface area contributed by atoms with Crippen molar-refractivity contribution >= 4 is 11.3 Å². The molecule has 20 heavy (non-hydrogen) atoms. The van der Waals surface area contributed by atoms with Gasteiger partial charge in [-0.1, -0.05) is 37.3 Å². The second kappa shape index (κ2) is 4.77. The summed E-state index contributed by atoms with van der Waals surface area (Å²) in [6.07, 6.45) is 4.40. The van der Waals surface area contributed by atoms with E-state index in [9.17, 15) is 10.1 Å². The van der Waals surface area contributed by atoms with Crippen molar-refractivity contribution in [3.05, 3.63) is 64.6 Å². The zero-order chi connectivity index (χ0) is 14.1. The summed E-state index contributed by atoms with van der Waals surface area (Å²) in [6, 6.07) is 11.1. The Morgan fingerprint density at radius 1 is 1.25 bits per heavy atom. The van der Waals surface area contributed by atoms with E-state index in [-0.39, 0.29) is 10.6 Å². The molecule has 0 aliphatic carbocycles. The number of aromatic nitrogens is 2. The quantitative estimate of drug-likeness (QED) is 0.539. The van der Waals surface area contributed by atoms with E-state index < -0.39 is 0 Å². The van der Waals surface area contributed by atoms with E-state index in [2.05, 4.69) is 4.98 Å². The lowest BCUT2D eigenvalue weighted by Gasteiger charge is -2.04. The third kappa shape index (κ3) is 1.93. The minimum Gasteiger partial charge on any atom is -0.301 e. The number of imidazole rings is 1. The first-order chi connectivity index (χ1) is 9.70. The Morgan fingerprint density at radius 3 is 2.65 bits per heavy atom. The molecule has 0 amide bonds. The molecule has 0 bridgehead atoms. The minimum absolute atomic E-state index is 0.0541. The van der Waals surface area contributed by atoms with Crippen LogP contribution in [0.5, 0.6) is 0 Å². The maximum Gasteiger partial charge on any atom is 0.320 e. The molecular formula is C15H13N3O2. The van der Waals surface area contributed by atoms with E-state index in [4.69, 9.17) is 0 Å². The third-order valence-corrected chi connectivity index (χ3v) is 3.28. The topological polar surface area (TPSA) is 60.4 Å². The van der Waals surface area contributed by atoms with Gasteiger partial charge in [0.25, 0.3) is 0 Å². The number of aryl methyl sites for hydroxylation is 1. The van der Waals surface area contributed by atoms with E-state index in [0.717, 1.165) is 17.7 Å². The number of nitro groups is 1. The van der Waals surface area contributed by atoms with Crippen LogP contribution in [0.25, 0.3) is 16.8 Å². The molecule has 0 fully saturated rings. The first-order valence-corrected chi connectivity index (χ1v) is 6.41. The Hall–Kier alpha value is -2.69. The molecule has 5 heteroatoms. The second-order valence-electron chi connectivity index (χ2n) is 4.52. The van der Waals surface area contributed by atoms with E-state index >= 15 is 0 Å². The molecule has 0 unspecified atom stereocenters. The molecule has 0 spiro atoms. The number of nitrogens with zero attached hydrogens (tertiary/aromatic N) is 3. The van der Waals surface area contributed by atoms with Gasteiger partial charge in [-0.3, -0.25) is 10.1 Å². The summed E-state index contributed by atoms with van der Waals surface area (Å²) in [6.45, 7) is 1.98. The maximum absolute atomic E-state index is 11.5. The van der Waals surface area contributed by atoms with Gasteiger partial charge in [-0.2, -0.15) is 0 Å². The van der Waals surface area contributed by atoms with Crippen LogP contribution in [0.4, 0.5) is 5.69 Å². The van der Waals surface area contributed by atoms with Crippen molar-refractivity contribution < 1.29 is 4.92 Å². The molecule has 0 aliphatic heterocycles. The SMILES string of the molecule is CCc1cn2ccc(-c3ccccc3)c([N+](=O)[O-])c2n1. The Labute approximate surface area is 115 Å². The number of fused-ring (bicyclic) bond motifs is 1. The van der Waals surface area contributed by atoms with Gasteiger partial charge in [0, 0.05) is 12.4 Å². The highest BCUT2D eigenvalue weighted by atomic mass is 16.6. The average Bonchev–Trinajstić information content (AvgIpc) is 2.89. The van der Waals surface area contributed by atoms with Crippen LogP contribution in [0, 0.1) is 10.1 Å². The number of pyridine rings is 1. The van der Waals surface area contributed by atoms with Crippen molar-refractivity contribution in [2.75, 3.05) is 0 Å². The van der Waals surface area contributed by atoms with Crippen molar-refractivity contribution in [3.8, 4) is 11.1 Å². The maximum atomic E-state index is 11.5. The summed E-state index contributed by atoms with van der Waals surface area (Å²) < 4.78 is 1.71. The summed E-state index contributed by atoms with van der Waals surface area (Å²) in [5.74, 6) is 0. The molecule has 2 aromatic heterocycles. The lowest BCUT2D eigenvalue weighted by molar-refractivity contribution is -0.382. The summed E-state index contributed by atoms with van der Waals surface area (Å²) in [4.78, 5) is 15.5. The van der Waals surface area contributed by atoms with Crippen LogP contribution in [0.1, 0.15) is 12.6 Å². The average molecular weight is 267 g/mol. The highest BCUT2D eigenvalue weighted by Crippen LogP contribution is 2.32. The van der Waals surface area contributed by atoms with Crippen molar-refractivity contribution in [1.29, 1.82) is 0 Å². The van der Waals surface area contributed by atoms with Crippen LogP contribution < -0.4 is 0 Å². The molecule has 3 rings (SSSR count). The minimum atomic E-state index is -0.357. The van der Waals surface area contributed by atoms with Crippen molar-refractivity contribution in [3.63, 3.8) is 0 Å². The Kier molecular flexibility index (Phi) is 2.95. The monoisotopic (exact) mass is 267 g/mol. The van der Waals surface area contributed by atoms with Crippen LogP contribution in [0.2, 0.25) is 0 Å². The molecule has 0 aliphatic rings. The van der Waals surface area contributed by atoms with Gasteiger partial charge >= 0.3 is 5.69 Å². The zero-order valence-corrected chi connectivity index (χ0v) is 11.0. The number of rotatable bonds is 3. The first kappa shape index (κ1) is 12.3. The van der Waals surface area contributed by atoms with Gasteiger partial charge in [0.15, 0.2) is 0 Å². The molecule has 0 atom stereocenters. The zero-order valence-electron chi connectivity index (χ0n) is 11.0. The highest BCUT2D eigenvalue weighted by molar-refractivity contribution is 5.81. The van der Waals surface area contributed by atoms with Crippen LogP contribution in [0.3, 0.4) is 0 Å². The van der Waals surface area contributed by atoms with Crippen molar-refractivity contribution in [2.45, 2.75) is 13.3 Å². The molecule has 100 valence electrons. The molecule has 3 aromatic rings. The van der Waals surface area contributed by atoms with Gasteiger partial charge in [-0.25, -0.2) is 4.98 Å². The molecule has 2 heterocycles. The summed E-state index contributed by atoms with van der Waals surface area (Å²) in [7, 11) is 0. The normalized spacial score (nSPS) is 10.8. The Morgan fingerprint density at radius 2 is 2.00 bits per heavy atom. The van der Waals surface area contributed by atoms with Crippen molar-refractivity contribution in [2.24, 2.45) is 0 Å². The van der Waals surface area contributed by atoms with E-state index in [0.29, 0.717) is 11.2 Å². The van der Waals surface area contributed by atoms with Crippen LogP contribution in [0.15, 0.2) is 48.8 Å². The van der Waals surface area contributed by atoms with E-state index in [1.807, 2.05) is 49.6 Å². The molecular weight excluding hydrogens is 254 g/mol. The van der Waals surface area contributed by atoms with E-state index in [1.54, 1.807) is 10.5 Å². The smallest absolute Gasteiger partial charge is 0.301 e. The predicted octanol–water partition coefficient (Wildman–Crippen LogP) is 3.47. The molecule has 0 N–H and O–H groups in total. The molecule has 5 nitrogen and oxygen atoms in total. The summed E-state index contributed by atoms with van der Waals surface area (Å²) in [5.41, 5.74) is 2.71. The lowest BCUT2D eigenvalue weighted by atomic mass is 10.1. The molecule has 0 saturated heterocycles. The van der Waals surface area contributed by atoms with E-state index in [1.165, 1.54) is 0 Å².